The van der Waals surface area contributed by atoms with Gasteiger partial charge in [0.2, 0.25) is 21.8 Å². The number of benzene rings is 2. The van der Waals surface area contributed by atoms with Crippen molar-refractivity contribution >= 4 is 39.1 Å². The minimum atomic E-state index is -3.34. The third kappa shape index (κ3) is 6.56. The van der Waals surface area contributed by atoms with Crippen LogP contribution < -0.4 is 4.74 Å². The maximum atomic E-state index is 14.6. The highest BCUT2D eigenvalue weighted by Gasteiger charge is 2.46. The lowest BCUT2D eigenvalue weighted by Gasteiger charge is -2.49. The van der Waals surface area contributed by atoms with Gasteiger partial charge in [-0.3, -0.25) is 4.79 Å². The van der Waals surface area contributed by atoms with Crippen LogP contribution in [-0.2, 0) is 21.2 Å². The van der Waals surface area contributed by atoms with Gasteiger partial charge in [0.1, 0.15) is 0 Å². The summed E-state index contributed by atoms with van der Waals surface area (Å²) in [6.07, 6.45) is 2.23. The molecule has 41 heavy (non-hydrogen) atoms. The van der Waals surface area contributed by atoms with E-state index in [2.05, 4.69) is 11.1 Å². The Hall–Kier alpha value is -2.65. The number of rotatable bonds is 9. The van der Waals surface area contributed by atoms with Crippen molar-refractivity contribution in [2.24, 2.45) is 5.92 Å². The van der Waals surface area contributed by atoms with E-state index < -0.39 is 10.0 Å². The van der Waals surface area contributed by atoms with Crippen molar-refractivity contribution < 1.29 is 17.9 Å². The van der Waals surface area contributed by atoms with Crippen LogP contribution in [0, 0.1) is 5.92 Å². The number of halogens is 2. The van der Waals surface area contributed by atoms with Gasteiger partial charge in [-0.25, -0.2) is 13.4 Å². The van der Waals surface area contributed by atoms with Gasteiger partial charge >= 0.3 is 0 Å². The SMILES string of the molecule is CC[C@@H](CN1CCCS1(=O)=O)N1C(=O)C(Cc2cccc(OC)n2)C[C@H](c2cccc(Cl)c2)[C@H]1c1ccc(Cl)cc1. The van der Waals surface area contributed by atoms with Crippen LogP contribution in [0.1, 0.15) is 55.0 Å². The van der Waals surface area contributed by atoms with E-state index in [1.54, 1.807) is 17.5 Å². The Kier molecular flexibility index (Phi) is 9.24. The standard InChI is InChI=1S/C31H35Cl2N3O4S/c1-3-27(20-35-15-6-16-41(35,38)39)36-30(21-11-13-24(32)14-12-21)28(22-7-4-8-25(33)17-22)19-23(31(36)37)18-26-9-5-10-29(34-26)40-2/h4-5,7-14,17,23,27-28,30H,3,6,15-16,18-20H2,1-2H3/t23?,27-,28+,30+/m0/s1. The second kappa shape index (κ2) is 12.7. The van der Waals surface area contributed by atoms with Crippen molar-refractivity contribution in [1.29, 1.82) is 0 Å². The predicted octanol–water partition coefficient (Wildman–Crippen LogP) is 6.13. The minimum Gasteiger partial charge on any atom is -0.481 e. The molecule has 218 valence electrons. The van der Waals surface area contributed by atoms with Gasteiger partial charge in [-0.05, 0) is 60.7 Å². The molecule has 0 spiro atoms. The van der Waals surface area contributed by atoms with Crippen LogP contribution in [0.25, 0.3) is 0 Å². The van der Waals surface area contributed by atoms with Gasteiger partial charge in [0.05, 0.1) is 18.9 Å². The van der Waals surface area contributed by atoms with Gasteiger partial charge in [-0.15, -0.1) is 0 Å². The van der Waals surface area contributed by atoms with E-state index in [-0.39, 0.29) is 42.1 Å². The number of nitrogens with zero attached hydrogens (tertiary/aromatic N) is 3. The molecule has 0 N–H and O–H groups in total. The van der Waals surface area contributed by atoms with Crippen LogP contribution in [0.4, 0.5) is 0 Å². The fourth-order valence-electron chi connectivity index (χ4n) is 6.25. The lowest BCUT2D eigenvalue weighted by atomic mass is 9.74. The first kappa shape index (κ1) is 29.8. The summed E-state index contributed by atoms with van der Waals surface area (Å²) in [5.74, 6) is 0.182. The molecule has 10 heteroatoms. The van der Waals surface area contributed by atoms with Crippen molar-refractivity contribution in [2.45, 2.75) is 50.6 Å². The third-order valence-corrected chi connectivity index (χ3v) is 10.6. The van der Waals surface area contributed by atoms with E-state index >= 15 is 0 Å². The summed E-state index contributed by atoms with van der Waals surface area (Å²) < 4.78 is 32.5. The van der Waals surface area contributed by atoms with Gasteiger partial charge in [0.15, 0.2) is 0 Å². The third-order valence-electron chi connectivity index (χ3n) is 8.24. The van der Waals surface area contributed by atoms with E-state index in [1.165, 1.54) is 0 Å². The molecule has 0 bridgehead atoms. The van der Waals surface area contributed by atoms with Crippen molar-refractivity contribution in [1.82, 2.24) is 14.2 Å². The molecule has 1 aromatic heterocycles. The largest absolute Gasteiger partial charge is 0.481 e. The summed E-state index contributed by atoms with van der Waals surface area (Å²) in [6.45, 7) is 2.75. The quantitative estimate of drug-likeness (QED) is 0.289. The summed E-state index contributed by atoms with van der Waals surface area (Å²) in [7, 11) is -1.77. The van der Waals surface area contributed by atoms with Crippen LogP contribution in [0.5, 0.6) is 5.88 Å². The summed E-state index contributed by atoms with van der Waals surface area (Å²) in [5.41, 5.74) is 2.75. The van der Waals surface area contributed by atoms with E-state index in [0.717, 1.165) is 16.8 Å². The fraction of sp³-hybridized carbons (Fsp3) is 0.419. The Bertz CT molecular complexity index is 1480. The van der Waals surface area contributed by atoms with Gasteiger partial charge < -0.3 is 9.64 Å². The van der Waals surface area contributed by atoms with E-state index in [9.17, 15) is 13.2 Å². The lowest BCUT2D eigenvalue weighted by molar-refractivity contribution is -0.147. The van der Waals surface area contributed by atoms with Gasteiger partial charge in [-0.2, -0.15) is 4.31 Å². The molecular weight excluding hydrogens is 581 g/mol. The smallest absolute Gasteiger partial charge is 0.226 e. The predicted molar refractivity (Wildman–Crippen MR) is 162 cm³/mol. The molecule has 3 aromatic rings. The van der Waals surface area contributed by atoms with Crippen molar-refractivity contribution in [3.05, 3.63) is 93.6 Å². The zero-order valence-corrected chi connectivity index (χ0v) is 25.6. The molecule has 3 heterocycles. The Balaban J connectivity index is 1.61. The molecule has 2 fully saturated rings. The van der Waals surface area contributed by atoms with Crippen molar-refractivity contribution in [2.75, 3.05) is 26.0 Å². The number of methoxy groups -OCH3 is 1. The average molecular weight is 617 g/mol. The second-order valence-corrected chi connectivity index (χ2v) is 13.8. The number of carbonyl (C=O) groups excluding carboxylic acids is 1. The van der Waals surface area contributed by atoms with Crippen LogP contribution in [-0.4, -0.2) is 60.5 Å². The molecule has 2 aromatic carbocycles. The molecule has 0 radical (unpaired) electrons. The average Bonchev–Trinajstić information content (AvgIpc) is 3.30. The Morgan fingerprint density at radius 2 is 1.78 bits per heavy atom. The normalized spacial score (nSPS) is 23.5. The summed E-state index contributed by atoms with van der Waals surface area (Å²) in [4.78, 5) is 21.1. The molecule has 5 rings (SSSR count). The molecule has 0 saturated carbocycles. The van der Waals surface area contributed by atoms with Gasteiger partial charge in [0.25, 0.3) is 0 Å². The number of sulfonamides is 1. The van der Waals surface area contributed by atoms with Crippen LogP contribution in [0.3, 0.4) is 0 Å². The summed E-state index contributed by atoms with van der Waals surface area (Å²) in [5, 5.41) is 1.24. The lowest BCUT2D eigenvalue weighted by Crippen LogP contribution is -2.55. The molecule has 4 atom stereocenters. The molecule has 1 amide bonds. The summed E-state index contributed by atoms with van der Waals surface area (Å²) >= 11 is 12.8. The number of likely N-dealkylation sites (tertiary alicyclic amines) is 1. The summed E-state index contributed by atoms with van der Waals surface area (Å²) in [6, 6.07) is 20.3. The van der Waals surface area contributed by atoms with Crippen molar-refractivity contribution in [3.8, 4) is 5.88 Å². The first-order valence-electron chi connectivity index (χ1n) is 14.0. The highest BCUT2D eigenvalue weighted by Crippen LogP contribution is 2.47. The number of aromatic nitrogens is 1. The molecule has 2 aliphatic rings. The Labute approximate surface area is 252 Å². The zero-order chi connectivity index (χ0) is 29.1. The van der Waals surface area contributed by atoms with Gasteiger partial charge in [-0.1, -0.05) is 60.5 Å². The Morgan fingerprint density at radius 3 is 2.44 bits per heavy atom. The molecular formula is C31H35Cl2N3O4S. The molecule has 0 aliphatic carbocycles. The monoisotopic (exact) mass is 615 g/mol. The van der Waals surface area contributed by atoms with E-state index in [4.69, 9.17) is 27.9 Å². The van der Waals surface area contributed by atoms with Crippen LogP contribution in [0.15, 0.2) is 66.7 Å². The maximum absolute atomic E-state index is 14.6. The molecule has 1 unspecified atom stereocenters. The number of carbonyl (C=O) groups is 1. The van der Waals surface area contributed by atoms with Gasteiger partial charge in [0, 0.05) is 59.2 Å². The highest BCUT2D eigenvalue weighted by atomic mass is 35.5. The maximum Gasteiger partial charge on any atom is 0.226 e. The number of hydrogen-bond donors (Lipinski definition) is 0. The number of piperidine rings is 1. The number of ether oxygens (including phenoxy) is 1. The van der Waals surface area contributed by atoms with Crippen LogP contribution in [0.2, 0.25) is 10.0 Å². The molecule has 7 nitrogen and oxygen atoms in total. The van der Waals surface area contributed by atoms with Crippen molar-refractivity contribution in [3.63, 3.8) is 0 Å². The number of amides is 1. The molecule has 2 aliphatic heterocycles. The fourth-order valence-corrected chi connectivity index (χ4v) is 8.13. The first-order chi connectivity index (χ1) is 19.7. The van der Waals surface area contributed by atoms with Crippen LogP contribution >= 0.6 is 23.2 Å². The van der Waals surface area contributed by atoms with E-state index in [0.29, 0.717) is 48.2 Å². The van der Waals surface area contributed by atoms with E-state index in [1.807, 2.05) is 66.4 Å². The second-order valence-electron chi connectivity index (χ2n) is 10.8. The number of pyridine rings is 1. The zero-order valence-electron chi connectivity index (χ0n) is 23.2. The number of hydrogen-bond acceptors (Lipinski definition) is 5. The minimum absolute atomic E-state index is 0.00343. The topological polar surface area (TPSA) is 79.8 Å². The highest BCUT2D eigenvalue weighted by molar-refractivity contribution is 7.89. The molecule has 2 saturated heterocycles. The Morgan fingerprint density at radius 1 is 1.02 bits per heavy atom. The first-order valence-corrected chi connectivity index (χ1v) is 16.4.